The maximum Gasteiger partial charge on any atom is 0.0536 e. The van der Waals surface area contributed by atoms with Crippen LogP contribution in [0.2, 0.25) is 0 Å². The topological polar surface area (TPSA) is 44.5 Å². The summed E-state index contributed by atoms with van der Waals surface area (Å²) in [5, 5.41) is 0. The molecule has 1 aliphatic rings. The van der Waals surface area contributed by atoms with Crippen LogP contribution in [0.5, 0.6) is 0 Å². The fourth-order valence-electron chi connectivity index (χ4n) is 1.82. The molecule has 0 amide bonds. The van der Waals surface area contributed by atoms with E-state index >= 15 is 0 Å². The fraction of sp³-hybridized carbons (Fsp3) is 1.00. The predicted molar refractivity (Wildman–Crippen MR) is 61.8 cm³/mol. The average molecular weight is 215 g/mol. The van der Waals surface area contributed by atoms with Crippen molar-refractivity contribution in [3.05, 3.63) is 0 Å². The molecule has 90 valence electrons. The van der Waals surface area contributed by atoms with Crippen molar-refractivity contribution >= 4 is 0 Å². The first-order valence-corrected chi connectivity index (χ1v) is 6.04. The van der Waals surface area contributed by atoms with E-state index in [0.717, 1.165) is 58.2 Å². The van der Waals surface area contributed by atoms with Gasteiger partial charge in [0.2, 0.25) is 0 Å². The van der Waals surface area contributed by atoms with Crippen LogP contribution in [-0.2, 0) is 9.47 Å². The first-order valence-electron chi connectivity index (χ1n) is 6.04. The van der Waals surface area contributed by atoms with E-state index < -0.39 is 0 Å². The third kappa shape index (κ3) is 4.49. The molecule has 15 heavy (non-hydrogen) atoms. The molecular weight excluding hydrogens is 190 g/mol. The minimum atomic E-state index is 0.206. The van der Waals surface area contributed by atoms with Gasteiger partial charge in [0.25, 0.3) is 0 Å². The van der Waals surface area contributed by atoms with E-state index in [2.05, 4.69) is 13.8 Å². The Bertz CT molecular complexity index is 165. The Hall–Kier alpha value is -0.120. The van der Waals surface area contributed by atoms with Crippen LogP contribution in [0.3, 0.4) is 0 Å². The minimum Gasteiger partial charge on any atom is -0.381 e. The van der Waals surface area contributed by atoms with Crippen LogP contribution >= 0.6 is 0 Å². The quantitative estimate of drug-likeness (QED) is 0.659. The number of hydrogen-bond acceptors (Lipinski definition) is 3. The predicted octanol–water partition coefficient (Wildman–Crippen LogP) is 1.80. The smallest absolute Gasteiger partial charge is 0.0536 e. The Balaban J connectivity index is 2.07. The van der Waals surface area contributed by atoms with Gasteiger partial charge in [0.15, 0.2) is 0 Å². The molecule has 0 spiro atoms. The maximum absolute atomic E-state index is 5.80. The third-order valence-electron chi connectivity index (χ3n) is 3.23. The number of ether oxygens (including phenoxy) is 2. The molecule has 1 rings (SSSR count). The van der Waals surface area contributed by atoms with Gasteiger partial charge in [-0.15, -0.1) is 0 Å². The Kier molecular flexibility index (Phi) is 5.58. The molecule has 1 aliphatic heterocycles. The summed E-state index contributed by atoms with van der Waals surface area (Å²) >= 11 is 0. The van der Waals surface area contributed by atoms with Crippen LogP contribution in [0.15, 0.2) is 0 Å². The lowest BCUT2D eigenvalue weighted by Crippen LogP contribution is -2.32. The Labute approximate surface area is 93.3 Å². The normalized spacial score (nSPS) is 26.4. The van der Waals surface area contributed by atoms with Crippen LogP contribution in [0.1, 0.15) is 33.1 Å². The highest BCUT2D eigenvalue weighted by atomic mass is 16.5. The lowest BCUT2D eigenvalue weighted by Gasteiger charge is -2.25. The van der Waals surface area contributed by atoms with Crippen molar-refractivity contribution in [1.82, 2.24) is 0 Å². The largest absolute Gasteiger partial charge is 0.381 e. The van der Waals surface area contributed by atoms with Crippen LogP contribution < -0.4 is 5.73 Å². The van der Waals surface area contributed by atoms with Gasteiger partial charge >= 0.3 is 0 Å². The summed E-state index contributed by atoms with van der Waals surface area (Å²) < 4.78 is 11.0. The molecule has 0 saturated carbocycles. The zero-order valence-corrected chi connectivity index (χ0v) is 10.1. The molecule has 0 bridgehead atoms. The second kappa shape index (κ2) is 6.46. The highest BCUT2D eigenvalue weighted by Crippen LogP contribution is 2.30. The van der Waals surface area contributed by atoms with Crippen molar-refractivity contribution in [2.75, 3.05) is 33.0 Å². The van der Waals surface area contributed by atoms with Gasteiger partial charge in [0.05, 0.1) is 6.61 Å². The summed E-state index contributed by atoms with van der Waals surface area (Å²) in [5.41, 5.74) is 6.00. The molecule has 1 heterocycles. The van der Waals surface area contributed by atoms with Crippen LogP contribution in [-0.4, -0.2) is 33.0 Å². The zero-order valence-electron chi connectivity index (χ0n) is 10.1. The summed E-state index contributed by atoms with van der Waals surface area (Å²) in [7, 11) is 0. The molecule has 1 unspecified atom stereocenters. The Morgan fingerprint density at radius 3 is 2.73 bits per heavy atom. The van der Waals surface area contributed by atoms with Gasteiger partial charge in [0.1, 0.15) is 0 Å². The standard InChI is InChI=1S/C12H25NO2/c1-11(2)3-6-14-7-4-12(9-13)5-8-15-10-12/h11H,3-10,13H2,1-2H3. The Morgan fingerprint density at radius 1 is 1.40 bits per heavy atom. The fourth-order valence-corrected chi connectivity index (χ4v) is 1.82. The summed E-state index contributed by atoms with van der Waals surface area (Å²) in [6, 6.07) is 0. The lowest BCUT2D eigenvalue weighted by molar-refractivity contribution is 0.0788. The molecular formula is C12H25NO2. The van der Waals surface area contributed by atoms with Crippen molar-refractivity contribution in [2.45, 2.75) is 33.1 Å². The second-order valence-electron chi connectivity index (χ2n) is 5.05. The van der Waals surface area contributed by atoms with E-state index in [4.69, 9.17) is 15.2 Å². The SMILES string of the molecule is CC(C)CCOCCC1(CN)CCOC1. The van der Waals surface area contributed by atoms with Gasteiger partial charge in [-0.25, -0.2) is 0 Å². The van der Waals surface area contributed by atoms with E-state index in [-0.39, 0.29) is 5.41 Å². The molecule has 0 aromatic rings. The van der Waals surface area contributed by atoms with E-state index in [1.165, 1.54) is 0 Å². The molecule has 1 atom stereocenters. The summed E-state index contributed by atoms with van der Waals surface area (Å²) in [6.45, 7) is 8.54. The summed E-state index contributed by atoms with van der Waals surface area (Å²) in [6.07, 6.45) is 3.28. The molecule has 3 heteroatoms. The van der Waals surface area contributed by atoms with E-state index in [1.54, 1.807) is 0 Å². The second-order valence-corrected chi connectivity index (χ2v) is 5.05. The van der Waals surface area contributed by atoms with Crippen molar-refractivity contribution in [3.8, 4) is 0 Å². The Morgan fingerprint density at radius 2 is 2.20 bits per heavy atom. The van der Waals surface area contributed by atoms with E-state index in [9.17, 15) is 0 Å². The van der Waals surface area contributed by atoms with Gasteiger partial charge < -0.3 is 15.2 Å². The number of nitrogens with two attached hydrogens (primary N) is 1. The average Bonchev–Trinajstić information content (AvgIpc) is 2.66. The first kappa shape index (κ1) is 12.9. The number of hydrogen-bond donors (Lipinski definition) is 1. The molecule has 2 N–H and O–H groups in total. The molecule has 3 nitrogen and oxygen atoms in total. The highest BCUT2D eigenvalue weighted by Gasteiger charge is 2.32. The zero-order chi connectivity index (χ0) is 11.1. The van der Waals surface area contributed by atoms with Crippen molar-refractivity contribution < 1.29 is 9.47 Å². The minimum absolute atomic E-state index is 0.206. The third-order valence-corrected chi connectivity index (χ3v) is 3.23. The van der Waals surface area contributed by atoms with Gasteiger partial charge in [-0.3, -0.25) is 0 Å². The van der Waals surface area contributed by atoms with Gasteiger partial charge in [0, 0.05) is 31.8 Å². The molecule has 0 radical (unpaired) electrons. The van der Waals surface area contributed by atoms with Crippen LogP contribution in [0, 0.1) is 11.3 Å². The maximum atomic E-state index is 5.80. The monoisotopic (exact) mass is 215 g/mol. The van der Waals surface area contributed by atoms with E-state index in [1.807, 2.05) is 0 Å². The molecule has 1 saturated heterocycles. The molecule has 0 aromatic heterocycles. The molecule has 0 aromatic carbocycles. The van der Waals surface area contributed by atoms with E-state index in [0.29, 0.717) is 0 Å². The van der Waals surface area contributed by atoms with Crippen molar-refractivity contribution in [3.63, 3.8) is 0 Å². The first-order chi connectivity index (χ1) is 7.18. The molecule has 0 aliphatic carbocycles. The van der Waals surface area contributed by atoms with Gasteiger partial charge in [-0.1, -0.05) is 13.8 Å². The van der Waals surface area contributed by atoms with Gasteiger partial charge in [-0.05, 0) is 25.2 Å². The van der Waals surface area contributed by atoms with Crippen molar-refractivity contribution in [1.29, 1.82) is 0 Å². The highest BCUT2D eigenvalue weighted by molar-refractivity contribution is 4.83. The van der Waals surface area contributed by atoms with Gasteiger partial charge in [-0.2, -0.15) is 0 Å². The van der Waals surface area contributed by atoms with Crippen molar-refractivity contribution in [2.24, 2.45) is 17.1 Å². The summed E-state index contributed by atoms with van der Waals surface area (Å²) in [4.78, 5) is 0. The lowest BCUT2D eigenvalue weighted by atomic mass is 9.84. The molecule has 1 fully saturated rings. The number of rotatable bonds is 7. The van der Waals surface area contributed by atoms with Crippen LogP contribution in [0.25, 0.3) is 0 Å². The summed E-state index contributed by atoms with van der Waals surface area (Å²) in [5.74, 6) is 0.725. The van der Waals surface area contributed by atoms with Crippen LogP contribution in [0.4, 0.5) is 0 Å².